The van der Waals surface area contributed by atoms with Crippen molar-refractivity contribution in [2.45, 2.75) is 33.3 Å². The standard InChI is InChI=1S/C14H23O6P/c1-10-12(19-11(2)13(10)16-6)8-9-18-21(15,17-7)20-14(3,4)5/h8H,2,9H2,1,3-7H3/b12-8+. The van der Waals surface area contributed by atoms with Gasteiger partial charge in [0.15, 0.2) is 11.2 Å². The van der Waals surface area contributed by atoms with Crippen LogP contribution in [0.5, 0.6) is 5.75 Å². The first kappa shape index (κ1) is 18.0. The highest BCUT2D eigenvalue weighted by Gasteiger charge is 2.31. The fourth-order valence-corrected chi connectivity index (χ4v) is 2.85. The predicted molar refractivity (Wildman–Crippen MR) is 80.6 cm³/mol. The van der Waals surface area contributed by atoms with Gasteiger partial charge in [0.1, 0.15) is 5.42 Å². The topological polar surface area (TPSA) is 67.1 Å². The van der Waals surface area contributed by atoms with Crippen LogP contribution in [0.3, 0.4) is 0 Å². The summed E-state index contributed by atoms with van der Waals surface area (Å²) in [5.74, 6) is 0.585. The lowest BCUT2D eigenvalue weighted by Crippen LogP contribution is -2.19. The molecule has 0 bridgehead atoms. The highest BCUT2D eigenvalue weighted by Crippen LogP contribution is 2.51. The summed E-state index contributed by atoms with van der Waals surface area (Å²) in [4.78, 5) is 0. The van der Waals surface area contributed by atoms with Gasteiger partial charge in [0.05, 0.1) is 19.3 Å². The predicted octanol–water partition coefficient (Wildman–Crippen LogP) is 2.37. The Hall–Kier alpha value is -1.07. The van der Waals surface area contributed by atoms with E-state index in [0.29, 0.717) is 16.6 Å². The Morgan fingerprint density at radius 3 is 2.38 bits per heavy atom. The molecule has 1 heterocycles. The fourth-order valence-electron chi connectivity index (χ4n) is 1.69. The molecule has 0 fully saturated rings. The summed E-state index contributed by atoms with van der Waals surface area (Å²) in [6, 6.07) is 0. The van der Waals surface area contributed by atoms with E-state index in [1.807, 2.05) is 6.92 Å². The van der Waals surface area contributed by atoms with E-state index in [1.54, 1.807) is 34.0 Å². The molecule has 1 aromatic heterocycles. The van der Waals surface area contributed by atoms with Crippen molar-refractivity contribution in [3.63, 3.8) is 0 Å². The summed E-state index contributed by atoms with van der Waals surface area (Å²) in [6.45, 7) is 10.9. The monoisotopic (exact) mass is 318 g/mol. The quantitative estimate of drug-likeness (QED) is 0.750. The molecule has 1 unspecified atom stereocenters. The molecule has 7 heteroatoms. The van der Waals surface area contributed by atoms with Gasteiger partial charge in [0.2, 0.25) is 0 Å². The lowest BCUT2D eigenvalue weighted by molar-refractivity contribution is 0.0577. The number of hydrogen-bond acceptors (Lipinski definition) is 6. The molecule has 0 aliphatic heterocycles. The van der Waals surface area contributed by atoms with E-state index in [4.69, 9.17) is 22.7 Å². The second-order valence-electron chi connectivity index (χ2n) is 5.38. The first-order valence-electron chi connectivity index (χ1n) is 6.45. The molecule has 1 rings (SSSR count). The van der Waals surface area contributed by atoms with Crippen LogP contribution in [-0.4, -0.2) is 26.4 Å². The number of rotatable bonds is 6. The first-order valence-corrected chi connectivity index (χ1v) is 7.91. The minimum atomic E-state index is -3.61. The third-order valence-electron chi connectivity index (χ3n) is 2.51. The number of hydrogen-bond donors (Lipinski definition) is 0. The Morgan fingerprint density at radius 1 is 1.33 bits per heavy atom. The summed E-state index contributed by atoms with van der Waals surface area (Å²) in [5, 5.41) is 0. The molecule has 1 aromatic rings. The van der Waals surface area contributed by atoms with E-state index in [2.05, 4.69) is 6.58 Å². The second kappa shape index (κ2) is 6.79. The van der Waals surface area contributed by atoms with Crippen LogP contribution < -0.4 is 15.6 Å². The molecule has 6 nitrogen and oxygen atoms in total. The van der Waals surface area contributed by atoms with Crippen LogP contribution in [0, 0.1) is 6.92 Å². The maximum absolute atomic E-state index is 12.2. The van der Waals surface area contributed by atoms with Crippen molar-refractivity contribution < 1.29 is 27.3 Å². The molecule has 0 N–H and O–H groups in total. The SMILES string of the molecule is C=c1o/c(=C/COP(=O)(OC)OC(C)(C)C)c(C)c1OC. The van der Waals surface area contributed by atoms with Crippen LogP contribution >= 0.6 is 7.82 Å². The van der Waals surface area contributed by atoms with Gasteiger partial charge in [-0.15, -0.1) is 0 Å². The number of methoxy groups -OCH3 is 1. The highest BCUT2D eigenvalue weighted by molar-refractivity contribution is 7.48. The van der Waals surface area contributed by atoms with Gasteiger partial charge in [-0.25, -0.2) is 4.57 Å². The van der Waals surface area contributed by atoms with Gasteiger partial charge in [-0.1, -0.05) is 6.58 Å². The Bertz CT molecular complexity index is 625. The minimum absolute atomic E-state index is 0.0120. The molecule has 1 atom stereocenters. The van der Waals surface area contributed by atoms with Gasteiger partial charge >= 0.3 is 7.82 Å². The summed E-state index contributed by atoms with van der Waals surface area (Å²) in [6.07, 6.45) is 1.63. The van der Waals surface area contributed by atoms with Crippen molar-refractivity contribution in [3.8, 4) is 5.75 Å². The third-order valence-corrected chi connectivity index (χ3v) is 4.20. The smallest absolute Gasteiger partial charge is 0.475 e. The Morgan fingerprint density at radius 2 is 1.95 bits per heavy atom. The minimum Gasteiger partial charge on any atom is -0.492 e. The molecular formula is C14H23O6P. The number of phosphoric acid groups is 1. The van der Waals surface area contributed by atoms with Crippen molar-refractivity contribution in [1.82, 2.24) is 0 Å². The average Bonchev–Trinajstić information content (AvgIpc) is 2.62. The van der Waals surface area contributed by atoms with Crippen LogP contribution in [-0.2, 0) is 18.1 Å². The normalized spacial score (nSPS) is 16.0. The van der Waals surface area contributed by atoms with Crippen molar-refractivity contribution in [2.75, 3.05) is 20.8 Å². The van der Waals surface area contributed by atoms with Gasteiger partial charge in [0, 0.05) is 12.7 Å². The highest BCUT2D eigenvalue weighted by atomic mass is 31.2. The largest absolute Gasteiger partial charge is 0.492 e. The summed E-state index contributed by atoms with van der Waals surface area (Å²) >= 11 is 0. The first-order chi connectivity index (χ1) is 9.62. The Kier molecular flexibility index (Phi) is 5.82. The Balaban J connectivity index is 2.86. The molecule has 0 spiro atoms. The van der Waals surface area contributed by atoms with Crippen LogP contribution in [0.25, 0.3) is 12.7 Å². The van der Waals surface area contributed by atoms with E-state index in [-0.39, 0.29) is 6.61 Å². The van der Waals surface area contributed by atoms with E-state index in [9.17, 15) is 4.57 Å². The van der Waals surface area contributed by atoms with Gasteiger partial charge in [0.25, 0.3) is 0 Å². The third kappa shape index (κ3) is 5.00. The van der Waals surface area contributed by atoms with Crippen LogP contribution in [0.2, 0.25) is 0 Å². The zero-order chi connectivity index (χ0) is 16.3. The average molecular weight is 318 g/mol. The van der Waals surface area contributed by atoms with Gasteiger partial charge < -0.3 is 9.15 Å². The van der Waals surface area contributed by atoms with Crippen molar-refractivity contribution in [2.24, 2.45) is 0 Å². The zero-order valence-corrected chi connectivity index (χ0v) is 14.3. The molecule has 0 saturated heterocycles. The van der Waals surface area contributed by atoms with E-state index in [0.717, 1.165) is 5.56 Å². The Labute approximate surface area is 124 Å². The van der Waals surface area contributed by atoms with E-state index < -0.39 is 13.4 Å². The summed E-state index contributed by atoms with van der Waals surface area (Å²) in [7, 11) is -0.781. The van der Waals surface area contributed by atoms with Crippen molar-refractivity contribution >= 4 is 20.5 Å². The molecule has 0 amide bonds. The number of furan rings is 1. The molecular weight excluding hydrogens is 295 g/mol. The lowest BCUT2D eigenvalue weighted by atomic mass is 10.2. The molecule has 0 aliphatic rings. The van der Waals surface area contributed by atoms with Gasteiger partial charge in [-0.2, -0.15) is 0 Å². The zero-order valence-electron chi connectivity index (χ0n) is 13.4. The van der Waals surface area contributed by atoms with Crippen molar-refractivity contribution in [1.29, 1.82) is 0 Å². The van der Waals surface area contributed by atoms with Crippen molar-refractivity contribution in [3.05, 3.63) is 16.4 Å². The molecule has 21 heavy (non-hydrogen) atoms. The maximum atomic E-state index is 12.2. The van der Waals surface area contributed by atoms with Gasteiger partial charge in [-0.05, 0) is 33.8 Å². The molecule has 0 radical (unpaired) electrons. The van der Waals surface area contributed by atoms with Gasteiger partial charge in [-0.3, -0.25) is 13.6 Å². The molecule has 120 valence electrons. The summed E-state index contributed by atoms with van der Waals surface area (Å²) in [5.41, 5.74) is 1.14. The lowest BCUT2D eigenvalue weighted by Gasteiger charge is -2.24. The molecule has 0 aromatic carbocycles. The van der Waals surface area contributed by atoms with Crippen LogP contribution in [0.1, 0.15) is 26.3 Å². The van der Waals surface area contributed by atoms with Crippen LogP contribution in [0.4, 0.5) is 0 Å². The molecule has 0 saturated carbocycles. The number of phosphoric ester groups is 1. The maximum Gasteiger partial charge on any atom is 0.475 e. The second-order valence-corrected chi connectivity index (χ2v) is 7.08. The number of ether oxygens (including phenoxy) is 1. The van der Waals surface area contributed by atoms with E-state index in [1.165, 1.54) is 7.11 Å². The fraction of sp³-hybridized carbons (Fsp3) is 0.571. The van der Waals surface area contributed by atoms with E-state index >= 15 is 0 Å². The molecule has 0 aliphatic carbocycles. The summed E-state index contributed by atoms with van der Waals surface area (Å²) < 4.78 is 38.3. The van der Waals surface area contributed by atoms with Crippen LogP contribution in [0.15, 0.2) is 4.42 Å².